The third kappa shape index (κ3) is 2.49. The van der Waals surface area contributed by atoms with Crippen molar-refractivity contribution in [3.63, 3.8) is 0 Å². The van der Waals surface area contributed by atoms with Crippen LogP contribution in [0.3, 0.4) is 0 Å². The molecule has 0 amide bonds. The molecular formula is C17H20O3. The van der Waals surface area contributed by atoms with Gasteiger partial charge in [0.15, 0.2) is 5.78 Å². The third-order valence-corrected chi connectivity index (χ3v) is 4.54. The molecule has 3 atom stereocenters. The molecule has 0 aromatic heterocycles. The second kappa shape index (κ2) is 5.78. The molecule has 0 bridgehead atoms. The lowest BCUT2D eigenvalue weighted by Gasteiger charge is -2.22. The first-order chi connectivity index (χ1) is 9.77. The van der Waals surface area contributed by atoms with Gasteiger partial charge in [-0.25, -0.2) is 0 Å². The van der Waals surface area contributed by atoms with Gasteiger partial charge in [-0.2, -0.15) is 0 Å². The summed E-state index contributed by atoms with van der Waals surface area (Å²) in [5.74, 6) is -0.879. The predicted molar refractivity (Wildman–Crippen MR) is 75.3 cm³/mol. The largest absolute Gasteiger partial charge is 0.461 e. The lowest BCUT2D eigenvalue weighted by Crippen LogP contribution is -2.28. The number of ketones is 1. The first kappa shape index (κ1) is 13.3. The fourth-order valence-corrected chi connectivity index (χ4v) is 3.49. The molecule has 1 heterocycles. The fourth-order valence-electron chi connectivity index (χ4n) is 3.49. The molecule has 3 rings (SSSR count). The number of Topliss-reactive ketones (excluding diaryl/α,β-unsaturated/α-hetero) is 1. The van der Waals surface area contributed by atoms with Gasteiger partial charge in [0.25, 0.3) is 0 Å². The Balaban J connectivity index is 1.84. The maximum atomic E-state index is 12.6. The maximum absolute atomic E-state index is 12.6. The lowest BCUT2D eigenvalue weighted by atomic mass is 9.79. The van der Waals surface area contributed by atoms with E-state index in [1.165, 1.54) is 12.8 Å². The summed E-state index contributed by atoms with van der Waals surface area (Å²) in [6, 6.07) is 9.12. The molecular weight excluding hydrogens is 252 g/mol. The standard InChI is InChI=1S/C17H20O3/c18-16(12-8-4-3-5-9-12)15-13-10-6-1-2-7-11-14(13)20-17(15)19/h3-5,8-9,13-15H,1-2,6-7,10-11H2/t13-,14-,15-/m1/s1. The Bertz CT molecular complexity index is 494. The molecule has 1 aromatic rings. The summed E-state index contributed by atoms with van der Waals surface area (Å²) >= 11 is 0. The van der Waals surface area contributed by atoms with Gasteiger partial charge >= 0.3 is 5.97 Å². The number of benzene rings is 1. The molecule has 0 radical (unpaired) electrons. The minimum absolute atomic E-state index is 0.0412. The quantitative estimate of drug-likeness (QED) is 0.471. The molecule has 0 spiro atoms. The van der Waals surface area contributed by atoms with E-state index < -0.39 is 5.92 Å². The van der Waals surface area contributed by atoms with Gasteiger partial charge in [0, 0.05) is 11.5 Å². The number of fused-ring (bicyclic) bond motifs is 1. The van der Waals surface area contributed by atoms with Crippen LogP contribution in [0.5, 0.6) is 0 Å². The van der Waals surface area contributed by atoms with Crippen LogP contribution in [0.4, 0.5) is 0 Å². The van der Waals surface area contributed by atoms with E-state index in [0.29, 0.717) is 5.56 Å². The van der Waals surface area contributed by atoms with E-state index in [-0.39, 0.29) is 23.8 Å². The summed E-state index contributed by atoms with van der Waals surface area (Å²) in [4.78, 5) is 24.7. The van der Waals surface area contributed by atoms with Gasteiger partial charge in [0.2, 0.25) is 0 Å². The first-order valence-corrected chi connectivity index (χ1v) is 7.57. The third-order valence-electron chi connectivity index (χ3n) is 4.54. The van der Waals surface area contributed by atoms with Gasteiger partial charge in [0.05, 0.1) is 0 Å². The van der Waals surface area contributed by atoms with Crippen molar-refractivity contribution in [1.82, 2.24) is 0 Å². The topological polar surface area (TPSA) is 43.4 Å². The zero-order chi connectivity index (χ0) is 13.9. The first-order valence-electron chi connectivity index (χ1n) is 7.57. The molecule has 1 aromatic carbocycles. The molecule has 1 aliphatic carbocycles. The summed E-state index contributed by atoms with van der Waals surface area (Å²) in [5, 5.41) is 0. The highest BCUT2D eigenvalue weighted by Crippen LogP contribution is 2.38. The van der Waals surface area contributed by atoms with Crippen molar-refractivity contribution in [3.05, 3.63) is 35.9 Å². The summed E-state index contributed by atoms with van der Waals surface area (Å²) in [7, 11) is 0. The molecule has 2 fully saturated rings. The molecule has 106 valence electrons. The van der Waals surface area contributed by atoms with Crippen molar-refractivity contribution in [3.8, 4) is 0 Å². The monoisotopic (exact) mass is 272 g/mol. The summed E-state index contributed by atoms with van der Waals surface area (Å²) in [6.07, 6.45) is 6.40. The smallest absolute Gasteiger partial charge is 0.317 e. The second-order valence-corrected chi connectivity index (χ2v) is 5.84. The van der Waals surface area contributed by atoms with Crippen molar-refractivity contribution < 1.29 is 14.3 Å². The molecule has 0 unspecified atom stereocenters. The van der Waals surface area contributed by atoms with Gasteiger partial charge < -0.3 is 4.74 Å². The Morgan fingerprint density at radius 3 is 2.45 bits per heavy atom. The number of carbonyl (C=O) groups is 2. The minimum Gasteiger partial charge on any atom is -0.461 e. The summed E-state index contributed by atoms with van der Waals surface area (Å²) < 4.78 is 5.50. The number of hydrogen-bond acceptors (Lipinski definition) is 3. The van der Waals surface area contributed by atoms with E-state index in [1.807, 2.05) is 18.2 Å². The van der Waals surface area contributed by atoms with E-state index in [1.54, 1.807) is 12.1 Å². The maximum Gasteiger partial charge on any atom is 0.317 e. The average molecular weight is 272 g/mol. The zero-order valence-corrected chi connectivity index (χ0v) is 11.6. The van der Waals surface area contributed by atoms with Crippen LogP contribution in [0.15, 0.2) is 30.3 Å². The van der Waals surface area contributed by atoms with Crippen LogP contribution in [-0.4, -0.2) is 17.9 Å². The SMILES string of the molecule is O=C1O[C@@H]2CCCCCC[C@H]2[C@@H]1C(=O)c1ccccc1. The van der Waals surface area contributed by atoms with Gasteiger partial charge in [-0.3, -0.25) is 9.59 Å². The van der Waals surface area contributed by atoms with Crippen molar-refractivity contribution >= 4 is 11.8 Å². The fraction of sp³-hybridized carbons (Fsp3) is 0.529. The molecule has 1 saturated heterocycles. The number of esters is 1. The van der Waals surface area contributed by atoms with E-state index in [0.717, 1.165) is 25.7 Å². The Morgan fingerprint density at radius 2 is 1.70 bits per heavy atom. The summed E-state index contributed by atoms with van der Waals surface area (Å²) in [6.45, 7) is 0. The van der Waals surface area contributed by atoms with E-state index in [9.17, 15) is 9.59 Å². The van der Waals surface area contributed by atoms with Crippen LogP contribution in [0.1, 0.15) is 48.9 Å². The Kier molecular flexibility index (Phi) is 3.86. The number of ether oxygens (including phenoxy) is 1. The summed E-state index contributed by atoms with van der Waals surface area (Å²) in [5.41, 5.74) is 0.622. The highest BCUT2D eigenvalue weighted by molar-refractivity contribution is 6.09. The van der Waals surface area contributed by atoms with Gasteiger partial charge in [-0.1, -0.05) is 49.6 Å². The molecule has 0 N–H and O–H groups in total. The molecule has 3 nitrogen and oxygen atoms in total. The van der Waals surface area contributed by atoms with Crippen molar-refractivity contribution in [2.75, 3.05) is 0 Å². The van der Waals surface area contributed by atoms with Crippen LogP contribution < -0.4 is 0 Å². The minimum atomic E-state index is -0.583. The normalized spacial score (nSPS) is 30.0. The van der Waals surface area contributed by atoms with Gasteiger partial charge in [-0.05, 0) is 19.3 Å². The van der Waals surface area contributed by atoms with E-state index >= 15 is 0 Å². The van der Waals surface area contributed by atoms with Crippen molar-refractivity contribution in [2.24, 2.45) is 11.8 Å². The Hall–Kier alpha value is -1.64. The highest BCUT2D eigenvalue weighted by atomic mass is 16.6. The lowest BCUT2D eigenvalue weighted by molar-refractivity contribution is -0.143. The number of hydrogen-bond donors (Lipinski definition) is 0. The predicted octanol–water partition coefficient (Wildman–Crippen LogP) is 3.38. The van der Waals surface area contributed by atoms with Crippen molar-refractivity contribution in [2.45, 2.75) is 44.6 Å². The zero-order valence-electron chi connectivity index (χ0n) is 11.6. The van der Waals surface area contributed by atoms with E-state index in [4.69, 9.17) is 4.74 Å². The molecule has 1 saturated carbocycles. The average Bonchev–Trinajstić information content (AvgIpc) is 2.74. The second-order valence-electron chi connectivity index (χ2n) is 5.84. The van der Waals surface area contributed by atoms with Crippen molar-refractivity contribution in [1.29, 1.82) is 0 Å². The Morgan fingerprint density at radius 1 is 1.00 bits per heavy atom. The molecule has 3 heteroatoms. The number of carbonyl (C=O) groups excluding carboxylic acids is 2. The van der Waals surface area contributed by atoms with Crippen LogP contribution in [0.25, 0.3) is 0 Å². The van der Waals surface area contributed by atoms with Gasteiger partial charge in [-0.15, -0.1) is 0 Å². The Labute approximate surface area is 119 Å². The number of rotatable bonds is 2. The molecule has 20 heavy (non-hydrogen) atoms. The van der Waals surface area contributed by atoms with Crippen LogP contribution in [-0.2, 0) is 9.53 Å². The van der Waals surface area contributed by atoms with Gasteiger partial charge in [0.1, 0.15) is 12.0 Å². The molecule has 1 aliphatic heterocycles. The van der Waals surface area contributed by atoms with E-state index in [2.05, 4.69) is 0 Å². The van der Waals surface area contributed by atoms with Crippen LogP contribution in [0.2, 0.25) is 0 Å². The molecule has 2 aliphatic rings. The highest BCUT2D eigenvalue weighted by Gasteiger charge is 2.48. The van der Waals surface area contributed by atoms with Crippen LogP contribution in [0, 0.1) is 11.8 Å². The van der Waals surface area contributed by atoms with Crippen LogP contribution >= 0.6 is 0 Å².